The fourth-order valence-electron chi connectivity index (χ4n) is 3.00. The topological polar surface area (TPSA) is 75.4 Å². The molecule has 7 heteroatoms. The van der Waals surface area contributed by atoms with E-state index in [9.17, 15) is 9.59 Å². The number of aliphatic carboxylic acids is 1. The van der Waals surface area contributed by atoms with E-state index in [0.29, 0.717) is 23.0 Å². The number of carboxylic acid groups (broad SMARTS) is 1. The van der Waals surface area contributed by atoms with Gasteiger partial charge in [0.15, 0.2) is 0 Å². The van der Waals surface area contributed by atoms with Crippen LogP contribution in [0.3, 0.4) is 0 Å². The molecule has 138 valence electrons. The fourth-order valence-corrected chi connectivity index (χ4v) is 3.17. The molecule has 0 aliphatic heterocycles. The van der Waals surface area contributed by atoms with Gasteiger partial charge in [-0.2, -0.15) is 5.10 Å². The Morgan fingerprint density at radius 2 is 2.12 bits per heavy atom. The summed E-state index contributed by atoms with van der Waals surface area (Å²) in [6, 6.07) is 5.73. The van der Waals surface area contributed by atoms with E-state index >= 15 is 0 Å². The van der Waals surface area contributed by atoms with Crippen molar-refractivity contribution < 1.29 is 14.7 Å². The van der Waals surface area contributed by atoms with Crippen LogP contribution in [0.15, 0.2) is 24.4 Å². The van der Waals surface area contributed by atoms with Gasteiger partial charge in [0.2, 0.25) is 0 Å². The number of carbonyl (C=O) groups excluding carboxylic acids is 1. The highest BCUT2D eigenvalue weighted by atomic mass is 35.5. The Bertz CT molecular complexity index is 843. The first-order valence-corrected chi connectivity index (χ1v) is 9.15. The van der Waals surface area contributed by atoms with Gasteiger partial charge in [0.25, 0.3) is 5.91 Å². The summed E-state index contributed by atoms with van der Waals surface area (Å²) in [5.41, 5.74) is 3.26. The van der Waals surface area contributed by atoms with E-state index < -0.39 is 5.97 Å². The highest BCUT2D eigenvalue weighted by Crippen LogP contribution is 2.43. The predicted molar refractivity (Wildman–Crippen MR) is 99.1 cm³/mol. The molecule has 1 amide bonds. The van der Waals surface area contributed by atoms with Crippen LogP contribution < -0.4 is 0 Å². The molecular weight excluding hydrogens is 354 g/mol. The molecule has 0 atom stereocenters. The van der Waals surface area contributed by atoms with Crippen LogP contribution in [0.4, 0.5) is 0 Å². The van der Waals surface area contributed by atoms with Crippen LogP contribution in [0.2, 0.25) is 5.02 Å². The summed E-state index contributed by atoms with van der Waals surface area (Å²) in [4.78, 5) is 25.4. The molecule has 0 spiro atoms. The number of aromatic nitrogens is 2. The van der Waals surface area contributed by atoms with Crippen molar-refractivity contribution in [3.05, 3.63) is 46.2 Å². The number of rotatable bonds is 7. The molecular formula is C19H22ClN3O3. The molecule has 1 saturated carbocycles. The van der Waals surface area contributed by atoms with Crippen LogP contribution in [0.5, 0.6) is 0 Å². The maximum atomic E-state index is 13.0. The molecule has 0 unspecified atom stereocenters. The van der Waals surface area contributed by atoms with Gasteiger partial charge in [-0.3, -0.25) is 9.59 Å². The Morgan fingerprint density at radius 3 is 2.69 bits per heavy atom. The van der Waals surface area contributed by atoms with Crippen molar-refractivity contribution in [2.45, 2.75) is 39.0 Å². The van der Waals surface area contributed by atoms with Crippen LogP contribution in [0.25, 0.3) is 5.69 Å². The lowest BCUT2D eigenvalue weighted by atomic mass is 10.1. The van der Waals surface area contributed by atoms with E-state index in [0.717, 1.165) is 29.8 Å². The minimum atomic E-state index is -0.913. The zero-order valence-corrected chi connectivity index (χ0v) is 15.7. The van der Waals surface area contributed by atoms with Gasteiger partial charge in [-0.1, -0.05) is 17.7 Å². The van der Waals surface area contributed by atoms with Crippen molar-refractivity contribution in [2.24, 2.45) is 0 Å². The highest BCUT2D eigenvalue weighted by Gasteiger charge is 2.34. The van der Waals surface area contributed by atoms with Crippen molar-refractivity contribution in [3.63, 3.8) is 0 Å². The van der Waals surface area contributed by atoms with Crippen molar-refractivity contribution in [1.29, 1.82) is 0 Å². The molecule has 3 rings (SSSR count). The van der Waals surface area contributed by atoms with E-state index in [-0.39, 0.29) is 18.9 Å². The fraction of sp³-hybridized carbons (Fsp3) is 0.421. The highest BCUT2D eigenvalue weighted by molar-refractivity contribution is 6.31. The summed E-state index contributed by atoms with van der Waals surface area (Å²) in [5.74, 6) is -0.779. The van der Waals surface area contributed by atoms with E-state index in [1.807, 2.05) is 32.0 Å². The number of aryl methyl sites for hydroxylation is 1. The van der Waals surface area contributed by atoms with Gasteiger partial charge < -0.3 is 10.0 Å². The van der Waals surface area contributed by atoms with Crippen molar-refractivity contribution in [1.82, 2.24) is 14.7 Å². The number of hydrogen-bond acceptors (Lipinski definition) is 3. The molecule has 1 aliphatic rings. The molecule has 0 saturated heterocycles. The first kappa shape index (κ1) is 18.5. The van der Waals surface area contributed by atoms with Gasteiger partial charge in [-0.15, -0.1) is 0 Å². The monoisotopic (exact) mass is 375 g/mol. The van der Waals surface area contributed by atoms with Crippen LogP contribution in [0, 0.1) is 6.92 Å². The number of nitrogens with zero attached hydrogens (tertiary/aromatic N) is 3. The van der Waals surface area contributed by atoms with E-state index in [1.165, 1.54) is 0 Å². The molecule has 1 N–H and O–H groups in total. The molecule has 1 aromatic heterocycles. The number of amides is 1. The Balaban J connectivity index is 1.95. The number of carboxylic acids is 1. The number of carbonyl (C=O) groups is 2. The normalized spacial score (nSPS) is 13.7. The summed E-state index contributed by atoms with van der Waals surface area (Å²) in [5, 5.41) is 14.0. The van der Waals surface area contributed by atoms with Crippen LogP contribution >= 0.6 is 11.6 Å². The van der Waals surface area contributed by atoms with Crippen LogP contribution in [-0.2, 0) is 4.79 Å². The number of halogens is 1. The maximum Gasteiger partial charge on any atom is 0.305 e. The lowest BCUT2D eigenvalue weighted by Crippen LogP contribution is -2.33. The Labute approximate surface area is 157 Å². The second-order valence-electron chi connectivity index (χ2n) is 6.59. The first-order valence-electron chi connectivity index (χ1n) is 8.77. The van der Waals surface area contributed by atoms with Gasteiger partial charge >= 0.3 is 5.97 Å². The number of hydrogen-bond donors (Lipinski definition) is 1. The van der Waals surface area contributed by atoms with Crippen LogP contribution in [0.1, 0.15) is 53.7 Å². The SMILES string of the molecule is CCN(CCC(=O)O)C(=O)c1cnn(-c2ccc(C)c(Cl)c2)c1C1CC1. The van der Waals surface area contributed by atoms with Gasteiger partial charge in [0, 0.05) is 24.0 Å². The molecule has 1 fully saturated rings. The zero-order chi connectivity index (χ0) is 18.8. The van der Waals surface area contributed by atoms with Gasteiger partial charge in [-0.05, 0) is 44.4 Å². The second-order valence-corrected chi connectivity index (χ2v) is 7.00. The molecule has 1 aliphatic carbocycles. The molecule has 6 nitrogen and oxygen atoms in total. The van der Waals surface area contributed by atoms with Gasteiger partial charge in [0.1, 0.15) is 0 Å². The largest absolute Gasteiger partial charge is 0.481 e. The van der Waals surface area contributed by atoms with Crippen molar-refractivity contribution in [3.8, 4) is 5.69 Å². The number of benzene rings is 1. The summed E-state index contributed by atoms with van der Waals surface area (Å²) in [7, 11) is 0. The Kier molecular flexibility index (Phi) is 5.32. The van der Waals surface area contributed by atoms with Crippen LogP contribution in [-0.4, -0.2) is 44.8 Å². The minimum absolute atomic E-state index is 0.0694. The summed E-state index contributed by atoms with van der Waals surface area (Å²) >= 11 is 6.25. The standard InChI is InChI=1S/C19H22ClN3O3/c1-3-22(9-8-17(24)25)19(26)15-11-21-23(18(15)13-5-6-13)14-7-4-12(2)16(20)10-14/h4,7,10-11,13H,3,5-6,8-9H2,1-2H3,(H,24,25). The average Bonchev–Trinajstić information content (AvgIpc) is 3.35. The third kappa shape index (κ3) is 3.75. The predicted octanol–water partition coefficient (Wildman–Crippen LogP) is 3.65. The maximum absolute atomic E-state index is 13.0. The lowest BCUT2D eigenvalue weighted by molar-refractivity contribution is -0.137. The van der Waals surface area contributed by atoms with Crippen molar-refractivity contribution in [2.75, 3.05) is 13.1 Å². The molecule has 0 radical (unpaired) electrons. The van der Waals surface area contributed by atoms with Gasteiger partial charge in [0.05, 0.1) is 29.6 Å². The summed E-state index contributed by atoms with van der Waals surface area (Å²) in [6.45, 7) is 4.43. The van der Waals surface area contributed by atoms with Gasteiger partial charge in [-0.25, -0.2) is 4.68 Å². The third-order valence-corrected chi connectivity index (χ3v) is 5.07. The minimum Gasteiger partial charge on any atom is -0.481 e. The molecule has 1 heterocycles. The van der Waals surface area contributed by atoms with E-state index in [4.69, 9.17) is 16.7 Å². The Morgan fingerprint density at radius 1 is 1.38 bits per heavy atom. The van der Waals surface area contributed by atoms with Crippen molar-refractivity contribution >= 4 is 23.5 Å². The molecule has 2 aromatic rings. The summed E-state index contributed by atoms with van der Waals surface area (Å²) in [6.07, 6.45) is 3.56. The molecule has 0 bridgehead atoms. The summed E-state index contributed by atoms with van der Waals surface area (Å²) < 4.78 is 1.79. The smallest absolute Gasteiger partial charge is 0.305 e. The molecule has 1 aromatic carbocycles. The quantitative estimate of drug-likeness (QED) is 0.801. The lowest BCUT2D eigenvalue weighted by Gasteiger charge is -2.20. The third-order valence-electron chi connectivity index (χ3n) is 4.67. The zero-order valence-electron chi connectivity index (χ0n) is 14.9. The van der Waals surface area contributed by atoms with E-state index in [2.05, 4.69) is 5.10 Å². The molecule has 26 heavy (non-hydrogen) atoms. The first-order chi connectivity index (χ1) is 12.4. The Hall–Kier alpha value is -2.34. The average molecular weight is 376 g/mol. The second kappa shape index (κ2) is 7.50. The van der Waals surface area contributed by atoms with E-state index in [1.54, 1.807) is 15.8 Å².